The highest BCUT2D eigenvalue weighted by molar-refractivity contribution is 7.89. The summed E-state index contributed by atoms with van der Waals surface area (Å²) in [5.74, 6) is -0.108. The Morgan fingerprint density at radius 3 is 2.62 bits per heavy atom. The second-order valence-corrected chi connectivity index (χ2v) is 9.48. The molecule has 1 aliphatic rings. The number of halogens is 1. The van der Waals surface area contributed by atoms with Crippen LogP contribution in [-0.2, 0) is 14.8 Å². The van der Waals surface area contributed by atoms with E-state index in [1.54, 1.807) is 0 Å². The zero-order chi connectivity index (χ0) is 21.0. The summed E-state index contributed by atoms with van der Waals surface area (Å²) in [6.45, 7) is 2.45. The predicted molar refractivity (Wildman–Crippen MR) is 112 cm³/mol. The molecule has 2 aromatic rings. The first-order valence-electron chi connectivity index (χ1n) is 9.52. The summed E-state index contributed by atoms with van der Waals surface area (Å²) in [5, 5.41) is 3.24. The molecule has 29 heavy (non-hydrogen) atoms. The van der Waals surface area contributed by atoms with E-state index in [4.69, 9.17) is 16.3 Å². The fraction of sp³-hybridized carbons (Fsp3) is 0.381. The van der Waals surface area contributed by atoms with Crippen LogP contribution in [0, 0.1) is 5.92 Å². The molecule has 6 nitrogen and oxygen atoms in total. The second kappa shape index (κ2) is 9.15. The number of piperidine rings is 1. The fourth-order valence-corrected chi connectivity index (χ4v) is 5.36. The number of ether oxygens (including phenoxy) is 1. The first-order valence-corrected chi connectivity index (χ1v) is 11.3. The van der Waals surface area contributed by atoms with Crippen LogP contribution in [0.15, 0.2) is 53.4 Å². The van der Waals surface area contributed by atoms with Crippen LogP contribution in [0.5, 0.6) is 5.75 Å². The number of benzene rings is 2. The number of rotatable bonds is 6. The lowest BCUT2D eigenvalue weighted by atomic mass is 9.98. The van der Waals surface area contributed by atoms with Gasteiger partial charge in [-0.1, -0.05) is 41.9 Å². The molecule has 2 atom stereocenters. The highest BCUT2D eigenvalue weighted by Gasteiger charge is 2.34. The minimum atomic E-state index is -3.74. The van der Waals surface area contributed by atoms with E-state index in [0.717, 1.165) is 5.56 Å². The van der Waals surface area contributed by atoms with Crippen LogP contribution >= 0.6 is 11.6 Å². The third-order valence-corrected chi connectivity index (χ3v) is 7.33. The molecule has 1 fully saturated rings. The van der Waals surface area contributed by atoms with E-state index < -0.39 is 15.9 Å². The van der Waals surface area contributed by atoms with Gasteiger partial charge in [0.05, 0.1) is 29.0 Å². The first-order chi connectivity index (χ1) is 13.8. The summed E-state index contributed by atoms with van der Waals surface area (Å²) in [7, 11) is -2.27. The van der Waals surface area contributed by atoms with Crippen molar-refractivity contribution in [3.8, 4) is 5.75 Å². The summed E-state index contributed by atoms with van der Waals surface area (Å²) < 4.78 is 32.5. The van der Waals surface area contributed by atoms with Gasteiger partial charge in [-0.05, 0) is 43.5 Å². The van der Waals surface area contributed by atoms with Gasteiger partial charge in [0.25, 0.3) is 0 Å². The third-order valence-electron chi connectivity index (χ3n) is 5.17. The lowest BCUT2D eigenvalue weighted by Gasteiger charge is -2.32. The van der Waals surface area contributed by atoms with Crippen LogP contribution < -0.4 is 10.1 Å². The number of hydrogen-bond acceptors (Lipinski definition) is 4. The van der Waals surface area contributed by atoms with Crippen molar-refractivity contribution in [1.29, 1.82) is 0 Å². The lowest BCUT2D eigenvalue weighted by Crippen LogP contribution is -2.45. The van der Waals surface area contributed by atoms with E-state index in [1.165, 1.54) is 29.6 Å². The molecule has 156 valence electrons. The largest absolute Gasteiger partial charge is 0.495 e. The van der Waals surface area contributed by atoms with Gasteiger partial charge in [0.1, 0.15) is 5.75 Å². The molecule has 3 rings (SSSR count). The molecule has 0 aliphatic carbocycles. The molecule has 0 unspecified atom stereocenters. The molecular formula is C21H25ClN2O4S. The highest BCUT2D eigenvalue weighted by Crippen LogP contribution is 2.30. The van der Waals surface area contributed by atoms with Gasteiger partial charge < -0.3 is 10.1 Å². The van der Waals surface area contributed by atoms with Gasteiger partial charge in [0, 0.05) is 13.1 Å². The van der Waals surface area contributed by atoms with E-state index >= 15 is 0 Å². The maximum Gasteiger partial charge on any atom is 0.243 e. The van der Waals surface area contributed by atoms with E-state index in [0.29, 0.717) is 25.1 Å². The number of methoxy groups -OCH3 is 1. The molecule has 1 N–H and O–H groups in total. The highest BCUT2D eigenvalue weighted by atomic mass is 35.5. The summed E-state index contributed by atoms with van der Waals surface area (Å²) in [6, 6.07) is 13.9. The maximum atomic E-state index is 13.0. The first kappa shape index (κ1) is 21.6. The van der Waals surface area contributed by atoms with Gasteiger partial charge in [-0.3, -0.25) is 4.79 Å². The minimum absolute atomic E-state index is 0.0991. The molecule has 0 aromatic heterocycles. The van der Waals surface area contributed by atoms with Crippen molar-refractivity contribution in [1.82, 2.24) is 9.62 Å². The number of nitrogens with zero attached hydrogens (tertiary/aromatic N) is 1. The number of nitrogens with one attached hydrogen (secondary N) is 1. The number of sulfonamides is 1. The normalized spacial score (nSPS) is 18.8. The van der Waals surface area contributed by atoms with E-state index in [9.17, 15) is 13.2 Å². The Labute approximate surface area is 176 Å². The molecular weight excluding hydrogens is 412 g/mol. The van der Waals surface area contributed by atoms with Crippen LogP contribution in [0.2, 0.25) is 5.02 Å². The van der Waals surface area contributed by atoms with Crippen molar-refractivity contribution >= 4 is 27.5 Å². The van der Waals surface area contributed by atoms with Crippen molar-refractivity contribution in [3.05, 3.63) is 59.1 Å². The lowest BCUT2D eigenvalue weighted by molar-refractivity contribution is -0.126. The molecule has 8 heteroatoms. The van der Waals surface area contributed by atoms with Crippen LogP contribution in [-0.4, -0.2) is 38.8 Å². The number of hydrogen-bond donors (Lipinski definition) is 1. The van der Waals surface area contributed by atoms with Gasteiger partial charge in [0.15, 0.2) is 0 Å². The zero-order valence-corrected chi connectivity index (χ0v) is 18.0. The molecule has 0 saturated carbocycles. The molecule has 1 saturated heterocycles. The monoisotopic (exact) mass is 436 g/mol. The van der Waals surface area contributed by atoms with Crippen molar-refractivity contribution in [3.63, 3.8) is 0 Å². The summed E-state index contributed by atoms with van der Waals surface area (Å²) in [5.41, 5.74) is 1.01. The van der Waals surface area contributed by atoms with Gasteiger partial charge in [0.2, 0.25) is 15.9 Å². The molecule has 0 bridgehead atoms. The molecule has 2 aromatic carbocycles. The van der Waals surface area contributed by atoms with Crippen molar-refractivity contribution < 1.29 is 17.9 Å². The Bertz CT molecular complexity index is 966. The number of amides is 1. The molecule has 1 heterocycles. The third kappa shape index (κ3) is 4.91. The quantitative estimate of drug-likeness (QED) is 0.750. The van der Waals surface area contributed by atoms with Crippen LogP contribution in [0.25, 0.3) is 0 Å². The van der Waals surface area contributed by atoms with Crippen LogP contribution in [0.1, 0.15) is 31.4 Å². The molecule has 1 amide bonds. The van der Waals surface area contributed by atoms with E-state index in [-0.39, 0.29) is 28.4 Å². The number of carbonyl (C=O) groups is 1. The molecule has 0 spiro atoms. The van der Waals surface area contributed by atoms with Gasteiger partial charge in [-0.25, -0.2) is 8.42 Å². The maximum absolute atomic E-state index is 13.0. The number of carbonyl (C=O) groups excluding carboxylic acids is 1. The standard InChI is InChI=1S/C21H25ClN2O4S/c1-15(16-7-4-3-5-8-16)23-21(25)17-9-6-12-24(14-17)29(26,27)18-10-11-20(28-2)19(22)13-18/h3-5,7-8,10-11,13,15,17H,6,9,12,14H2,1-2H3,(H,23,25)/t15-,17+/m0/s1. The van der Waals surface area contributed by atoms with Crippen molar-refractivity contribution in [2.75, 3.05) is 20.2 Å². The van der Waals surface area contributed by atoms with Crippen molar-refractivity contribution in [2.45, 2.75) is 30.7 Å². The average Bonchev–Trinajstić information content (AvgIpc) is 2.74. The smallest absolute Gasteiger partial charge is 0.243 e. The Kier molecular flexibility index (Phi) is 6.82. The van der Waals surface area contributed by atoms with Crippen molar-refractivity contribution in [2.24, 2.45) is 5.92 Å². The average molecular weight is 437 g/mol. The SMILES string of the molecule is COc1ccc(S(=O)(=O)N2CCC[C@@H](C(=O)N[C@@H](C)c3ccccc3)C2)cc1Cl. The minimum Gasteiger partial charge on any atom is -0.495 e. The van der Waals surface area contributed by atoms with Gasteiger partial charge in [-0.15, -0.1) is 0 Å². The second-order valence-electron chi connectivity index (χ2n) is 7.14. The fourth-order valence-electron chi connectivity index (χ4n) is 3.49. The Morgan fingerprint density at radius 1 is 1.24 bits per heavy atom. The Hall–Kier alpha value is -2.09. The zero-order valence-electron chi connectivity index (χ0n) is 16.5. The van der Waals surface area contributed by atoms with Crippen LogP contribution in [0.3, 0.4) is 0 Å². The van der Waals surface area contributed by atoms with Gasteiger partial charge >= 0.3 is 0 Å². The Morgan fingerprint density at radius 2 is 1.97 bits per heavy atom. The molecule has 1 aliphatic heterocycles. The van der Waals surface area contributed by atoms with Gasteiger partial charge in [-0.2, -0.15) is 4.31 Å². The Balaban J connectivity index is 1.71. The van der Waals surface area contributed by atoms with Crippen LogP contribution in [0.4, 0.5) is 0 Å². The van der Waals surface area contributed by atoms with E-state index in [2.05, 4.69) is 5.32 Å². The predicted octanol–water partition coefficient (Wildman–Crippen LogP) is 3.63. The topological polar surface area (TPSA) is 75.7 Å². The summed E-state index contributed by atoms with van der Waals surface area (Å²) in [6.07, 6.45) is 1.28. The van der Waals surface area contributed by atoms with E-state index in [1.807, 2.05) is 37.3 Å². The molecule has 0 radical (unpaired) electrons. The summed E-state index contributed by atoms with van der Waals surface area (Å²) in [4.78, 5) is 12.9. The summed E-state index contributed by atoms with van der Waals surface area (Å²) >= 11 is 6.10.